The lowest BCUT2D eigenvalue weighted by atomic mass is 10.1. The van der Waals surface area contributed by atoms with E-state index < -0.39 is 5.97 Å². The lowest BCUT2D eigenvalue weighted by Gasteiger charge is -2.20. The summed E-state index contributed by atoms with van der Waals surface area (Å²) in [6.07, 6.45) is 0. The van der Waals surface area contributed by atoms with Crippen LogP contribution in [-0.4, -0.2) is 42.8 Å². The van der Waals surface area contributed by atoms with Crippen molar-refractivity contribution < 1.29 is 14.6 Å². The fraction of sp³-hybridized carbons (Fsp3) is 0.462. The van der Waals surface area contributed by atoms with Crippen molar-refractivity contribution in [1.82, 2.24) is 4.90 Å². The second-order valence-corrected chi connectivity index (χ2v) is 4.38. The molecular weight excluding hydrogens is 254 g/mol. The zero-order valence-corrected chi connectivity index (χ0v) is 11.4. The van der Waals surface area contributed by atoms with Crippen LogP contribution < -0.4 is 0 Å². The molecule has 0 bridgehead atoms. The summed E-state index contributed by atoms with van der Waals surface area (Å²) < 4.78 is 5.04. The van der Waals surface area contributed by atoms with Gasteiger partial charge in [-0.05, 0) is 24.2 Å². The lowest BCUT2D eigenvalue weighted by Crippen LogP contribution is -2.26. The number of methoxy groups -OCH3 is 1. The largest absolute Gasteiger partial charge is 0.478 e. The Bertz CT molecular complexity index is 409. The normalized spacial score (nSPS) is 10.9. The molecule has 0 aliphatic carbocycles. The van der Waals surface area contributed by atoms with Crippen LogP contribution in [0.25, 0.3) is 0 Å². The number of carboxylic acids is 1. The number of hydrogen-bond acceptors (Lipinski definition) is 3. The first-order valence-corrected chi connectivity index (χ1v) is 6.19. The first-order valence-electron chi connectivity index (χ1n) is 5.81. The summed E-state index contributed by atoms with van der Waals surface area (Å²) in [7, 11) is 1.67. The Morgan fingerprint density at radius 1 is 1.50 bits per heavy atom. The minimum atomic E-state index is -0.963. The maximum atomic E-state index is 10.8. The molecule has 0 heterocycles. The van der Waals surface area contributed by atoms with Gasteiger partial charge >= 0.3 is 5.97 Å². The highest BCUT2D eigenvalue weighted by molar-refractivity contribution is 6.31. The summed E-state index contributed by atoms with van der Waals surface area (Å²) in [5.41, 5.74) is 1.14. The molecule has 1 aromatic carbocycles. The van der Waals surface area contributed by atoms with Crippen molar-refractivity contribution in [3.63, 3.8) is 0 Å². The van der Waals surface area contributed by atoms with E-state index in [1.807, 2.05) is 0 Å². The van der Waals surface area contributed by atoms with E-state index in [1.165, 1.54) is 6.07 Å². The first-order chi connectivity index (χ1) is 8.58. The van der Waals surface area contributed by atoms with Gasteiger partial charge in [0.1, 0.15) is 0 Å². The number of aromatic carboxylic acids is 1. The number of halogens is 1. The van der Waals surface area contributed by atoms with Crippen molar-refractivity contribution in [3.05, 3.63) is 34.3 Å². The maximum absolute atomic E-state index is 10.8. The maximum Gasteiger partial charge on any atom is 0.335 e. The molecule has 0 aliphatic heterocycles. The van der Waals surface area contributed by atoms with Gasteiger partial charge in [0.05, 0.1) is 12.2 Å². The number of nitrogens with zero attached hydrogens (tertiary/aromatic N) is 1. The van der Waals surface area contributed by atoms with Gasteiger partial charge in [0.25, 0.3) is 0 Å². The van der Waals surface area contributed by atoms with Crippen LogP contribution in [0.2, 0.25) is 5.02 Å². The van der Waals surface area contributed by atoms with Crippen LogP contribution in [0, 0.1) is 0 Å². The minimum absolute atomic E-state index is 0.212. The van der Waals surface area contributed by atoms with E-state index >= 15 is 0 Å². The molecule has 0 aliphatic rings. The Morgan fingerprint density at radius 2 is 2.22 bits per heavy atom. The first kappa shape index (κ1) is 15.0. The molecule has 4 nitrogen and oxygen atoms in total. The van der Waals surface area contributed by atoms with Gasteiger partial charge in [-0.2, -0.15) is 0 Å². The summed E-state index contributed by atoms with van der Waals surface area (Å²) in [5, 5.41) is 9.35. The van der Waals surface area contributed by atoms with E-state index in [9.17, 15) is 4.79 Å². The quantitative estimate of drug-likeness (QED) is 0.828. The minimum Gasteiger partial charge on any atom is -0.478 e. The Hall–Kier alpha value is -1.10. The van der Waals surface area contributed by atoms with E-state index in [1.54, 1.807) is 19.2 Å². The predicted octanol–water partition coefficient (Wildman–Crippen LogP) is 2.51. The number of carboxylic acid groups (broad SMARTS) is 1. The van der Waals surface area contributed by atoms with Crippen LogP contribution in [0.1, 0.15) is 22.8 Å². The zero-order valence-electron chi connectivity index (χ0n) is 10.6. The molecule has 5 heteroatoms. The molecule has 1 aromatic rings. The monoisotopic (exact) mass is 271 g/mol. The fourth-order valence-corrected chi connectivity index (χ4v) is 1.86. The molecular formula is C13H18ClNO3. The Balaban J connectivity index is 2.74. The third kappa shape index (κ3) is 4.29. The van der Waals surface area contributed by atoms with Crippen LogP contribution in [-0.2, 0) is 11.3 Å². The van der Waals surface area contributed by atoms with E-state index in [2.05, 4.69) is 11.8 Å². The van der Waals surface area contributed by atoms with E-state index in [0.29, 0.717) is 18.2 Å². The smallest absolute Gasteiger partial charge is 0.335 e. The average Bonchev–Trinajstić information content (AvgIpc) is 2.35. The zero-order chi connectivity index (χ0) is 13.5. The molecule has 0 spiro atoms. The number of likely N-dealkylation sites (N-methyl/N-ethyl adjacent to an activating group) is 1. The summed E-state index contributed by atoms with van der Waals surface area (Å²) in [6.45, 7) is 5.14. The lowest BCUT2D eigenvalue weighted by molar-refractivity contribution is 0.0697. The molecule has 0 amide bonds. The van der Waals surface area contributed by atoms with Crippen LogP contribution in [0.3, 0.4) is 0 Å². The van der Waals surface area contributed by atoms with Crippen molar-refractivity contribution in [1.29, 1.82) is 0 Å². The van der Waals surface area contributed by atoms with E-state index in [-0.39, 0.29) is 5.56 Å². The van der Waals surface area contributed by atoms with Crippen molar-refractivity contribution in [2.24, 2.45) is 0 Å². The van der Waals surface area contributed by atoms with Gasteiger partial charge in [-0.15, -0.1) is 0 Å². The molecule has 0 fully saturated rings. The number of benzene rings is 1. The SMILES string of the molecule is CCN(CCOC)Cc1ccc(C(=O)O)cc1Cl. The molecule has 1 N–H and O–H groups in total. The van der Waals surface area contributed by atoms with Crippen molar-refractivity contribution in [3.8, 4) is 0 Å². The number of rotatable bonds is 7. The van der Waals surface area contributed by atoms with Gasteiger partial charge < -0.3 is 9.84 Å². The summed E-state index contributed by atoms with van der Waals surface area (Å²) in [5.74, 6) is -0.963. The third-order valence-electron chi connectivity index (χ3n) is 2.75. The molecule has 18 heavy (non-hydrogen) atoms. The van der Waals surface area contributed by atoms with Crippen LogP contribution in [0.5, 0.6) is 0 Å². The van der Waals surface area contributed by atoms with Crippen molar-refractivity contribution in [2.75, 3.05) is 26.8 Å². The van der Waals surface area contributed by atoms with Crippen molar-refractivity contribution in [2.45, 2.75) is 13.5 Å². The molecule has 1 rings (SSSR count). The van der Waals surface area contributed by atoms with Crippen molar-refractivity contribution >= 4 is 17.6 Å². The molecule has 0 saturated carbocycles. The fourth-order valence-electron chi connectivity index (χ4n) is 1.62. The topological polar surface area (TPSA) is 49.8 Å². The van der Waals surface area contributed by atoms with E-state index in [4.69, 9.17) is 21.4 Å². The van der Waals surface area contributed by atoms with Gasteiger partial charge in [-0.25, -0.2) is 4.79 Å². The van der Waals surface area contributed by atoms with Crippen LogP contribution in [0.15, 0.2) is 18.2 Å². The Kier molecular flexibility index (Phi) is 6.12. The summed E-state index contributed by atoms with van der Waals surface area (Å²) in [6, 6.07) is 4.83. The summed E-state index contributed by atoms with van der Waals surface area (Å²) in [4.78, 5) is 13.0. The standard InChI is InChI=1S/C13H18ClNO3/c1-3-15(6-7-18-2)9-11-5-4-10(13(16)17)8-12(11)14/h4-5,8H,3,6-7,9H2,1-2H3,(H,16,17). The molecule has 0 saturated heterocycles. The Labute approximate surface area is 112 Å². The highest BCUT2D eigenvalue weighted by Gasteiger charge is 2.10. The summed E-state index contributed by atoms with van der Waals surface area (Å²) >= 11 is 6.09. The highest BCUT2D eigenvalue weighted by atomic mass is 35.5. The number of ether oxygens (including phenoxy) is 1. The Morgan fingerprint density at radius 3 is 2.72 bits per heavy atom. The van der Waals surface area contributed by atoms with Crippen LogP contribution in [0.4, 0.5) is 0 Å². The van der Waals surface area contributed by atoms with E-state index in [0.717, 1.165) is 18.7 Å². The second-order valence-electron chi connectivity index (χ2n) is 3.97. The molecule has 0 aromatic heterocycles. The van der Waals surface area contributed by atoms with Gasteiger partial charge in [0, 0.05) is 25.2 Å². The third-order valence-corrected chi connectivity index (χ3v) is 3.10. The highest BCUT2D eigenvalue weighted by Crippen LogP contribution is 2.19. The molecule has 100 valence electrons. The second kappa shape index (κ2) is 7.36. The number of hydrogen-bond donors (Lipinski definition) is 1. The molecule has 0 radical (unpaired) electrons. The molecule has 0 unspecified atom stereocenters. The van der Waals surface area contributed by atoms with Gasteiger partial charge in [-0.3, -0.25) is 4.90 Å². The van der Waals surface area contributed by atoms with Gasteiger partial charge in [0.2, 0.25) is 0 Å². The number of carbonyl (C=O) groups is 1. The predicted molar refractivity (Wildman–Crippen MR) is 71.2 cm³/mol. The van der Waals surface area contributed by atoms with Gasteiger partial charge in [-0.1, -0.05) is 24.6 Å². The van der Waals surface area contributed by atoms with Crippen LogP contribution >= 0.6 is 11.6 Å². The average molecular weight is 272 g/mol. The molecule has 0 atom stereocenters. The van der Waals surface area contributed by atoms with Gasteiger partial charge in [0.15, 0.2) is 0 Å².